The second kappa shape index (κ2) is 3.28. The van der Waals surface area contributed by atoms with Gasteiger partial charge in [0.05, 0.1) is 12.6 Å². The summed E-state index contributed by atoms with van der Waals surface area (Å²) in [4.78, 5) is 12.0. The highest BCUT2D eigenvalue weighted by atomic mass is 16.4. The fraction of sp³-hybridized carbons (Fsp3) is 0.700. The number of carbonyl (C=O) groups is 1. The van der Waals surface area contributed by atoms with Crippen LogP contribution < -0.4 is 0 Å². The monoisotopic (exact) mass is 197 g/mol. The molecule has 1 amide bonds. The Hall–Kier alpha value is -1.03. The number of rotatable bonds is 0. The fourth-order valence-electron chi connectivity index (χ4n) is 2.39. The molecule has 2 N–H and O–H groups in total. The second-order valence-electron chi connectivity index (χ2n) is 4.24. The number of carboxylic acid groups (broad SMARTS) is 1. The SMILES string of the molecule is O=C(O)N1CCC2(CC=CC2)C(O)C1. The van der Waals surface area contributed by atoms with Gasteiger partial charge in [-0.15, -0.1) is 0 Å². The second-order valence-corrected chi connectivity index (χ2v) is 4.24. The summed E-state index contributed by atoms with van der Waals surface area (Å²) in [5.74, 6) is 0. The Bertz CT molecular complexity index is 267. The Labute approximate surface area is 82.8 Å². The number of allylic oxidation sites excluding steroid dienone is 2. The van der Waals surface area contributed by atoms with Crippen molar-refractivity contribution < 1.29 is 15.0 Å². The Kier molecular flexibility index (Phi) is 2.23. The Morgan fingerprint density at radius 2 is 2.07 bits per heavy atom. The van der Waals surface area contributed by atoms with Crippen LogP contribution in [0.5, 0.6) is 0 Å². The summed E-state index contributed by atoms with van der Waals surface area (Å²) in [5.41, 5.74) is -0.0635. The van der Waals surface area contributed by atoms with E-state index in [-0.39, 0.29) is 12.0 Å². The first-order valence-electron chi connectivity index (χ1n) is 4.95. The molecule has 4 heteroatoms. The molecule has 1 saturated heterocycles. The first kappa shape index (κ1) is 9.52. The zero-order valence-electron chi connectivity index (χ0n) is 8.02. The molecular formula is C10H15NO3. The zero-order valence-corrected chi connectivity index (χ0v) is 8.02. The number of amides is 1. The minimum Gasteiger partial charge on any atom is -0.465 e. The van der Waals surface area contributed by atoms with Crippen LogP contribution in [0.4, 0.5) is 4.79 Å². The van der Waals surface area contributed by atoms with Gasteiger partial charge in [0.25, 0.3) is 0 Å². The van der Waals surface area contributed by atoms with Gasteiger partial charge in [-0.25, -0.2) is 4.79 Å². The van der Waals surface area contributed by atoms with E-state index in [0.717, 1.165) is 19.3 Å². The predicted molar refractivity (Wildman–Crippen MR) is 51.0 cm³/mol. The van der Waals surface area contributed by atoms with E-state index < -0.39 is 12.2 Å². The average Bonchev–Trinajstić information content (AvgIpc) is 2.59. The van der Waals surface area contributed by atoms with E-state index in [1.807, 2.05) is 0 Å². The highest BCUT2D eigenvalue weighted by molar-refractivity contribution is 5.65. The maximum absolute atomic E-state index is 10.7. The highest BCUT2D eigenvalue weighted by Gasteiger charge is 2.43. The van der Waals surface area contributed by atoms with E-state index >= 15 is 0 Å². The number of hydrogen-bond acceptors (Lipinski definition) is 2. The molecule has 0 aromatic carbocycles. The molecular weight excluding hydrogens is 182 g/mol. The van der Waals surface area contributed by atoms with Gasteiger partial charge in [0.1, 0.15) is 0 Å². The quantitative estimate of drug-likeness (QED) is 0.571. The number of aliphatic hydroxyl groups excluding tert-OH is 1. The molecule has 4 nitrogen and oxygen atoms in total. The Balaban J connectivity index is 2.04. The standard InChI is InChI=1S/C10H15NO3/c12-8-7-11(9(13)14)6-5-10(8)3-1-2-4-10/h1-2,8,12H,3-7H2,(H,13,14). The van der Waals surface area contributed by atoms with E-state index in [0.29, 0.717) is 6.54 Å². The van der Waals surface area contributed by atoms with Gasteiger partial charge >= 0.3 is 6.09 Å². The third-order valence-electron chi connectivity index (χ3n) is 3.47. The van der Waals surface area contributed by atoms with E-state index in [1.54, 1.807) is 0 Å². The molecule has 0 bridgehead atoms. The summed E-state index contributed by atoms with van der Waals surface area (Å²) < 4.78 is 0. The molecule has 14 heavy (non-hydrogen) atoms. The number of hydrogen-bond donors (Lipinski definition) is 2. The Morgan fingerprint density at radius 1 is 1.43 bits per heavy atom. The maximum Gasteiger partial charge on any atom is 0.407 e. The average molecular weight is 197 g/mol. The van der Waals surface area contributed by atoms with Crippen molar-refractivity contribution in [1.82, 2.24) is 4.90 Å². The summed E-state index contributed by atoms with van der Waals surface area (Å²) in [6.07, 6.45) is 5.28. The van der Waals surface area contributed by atoms with Crippen LogP contribution in [0, 0.1) is 5.41 Å². The predicted octanol–water partition coefficient (Wildman–Crippen LogP) is 1.07. The molecule has 1 atom stereocenters. The van der Waals surface area contributed by atoms with E-state index in [9.17, 15) is 9.90 Å². The minimum absolute atomic E-state index is 0.0635. The topological polar surface area (TPSA) is 60.8 Å². The van der Waals surface area contributed by atoms with Crippen LogP contribution >= 0.6 is 0 Å². The molecule has 78 valence electrons. The number of piperidine rings is 1. The lowest BCUT2D eigenvalue weighted by atomic mass is 9.74. The first-order chi connectivity index (χ1) is 6.64. The van der Waals surface area contributed by atoms with Crippen LogP contribution in [0.3, 0.4) is 0 Å². The van der Waals surface area contributed by atoms with Crippen molar-refractivity contribution in [3.63, 3.8) is 0 Å². The van der Waals surface area contributed by atoms with Crippen molar-refractivity contribution in [3.05, 3.63) is 12.2 Å². The summed E-state index contributed by atoms with van der Waals surface area (Å²) in [6.45, 7) is 0.811. The lowest BCUT2D eigenvalue weighted by molar-refractivity contribution is -0.0327. The third-order valence-corrected chi connectivity index (χ3v) is 3.47. The van der Waals surface area contributed by atoms with Gasteiger partial charge in [0.15, 0.2) is 0 Å². The van der Waals surface area contributed by atoms with Crippen molar-refractivity contribution in [2.75, 3.05) is 13.1 Å². The van der Waals surface area contributed by atoms with E-state index in [2.05, 4.69) is 12.2 Å². The molecule has 2 rings (SSSR count). The van der Waals surface area contributed by atoms with Crippen molar-refractivity contribution in [1.29, 1.82) is 0 Å². The normalized spacial score (nSPS) is 29.8. The number of likely N-dealkylation sites (tertiary alicyclic amines) is 1. The summed E-state index contributed by atoms with van der Waals surface area (Å²) >= 11 is 0. The van der Waals surface area contributed by atoms with Crippen LogP contribution in [0.25, 0.3) is 0 Å². The largest absolute Gasteiger partial charge is 0.465 e. The fourth-order valence-corrected chi connectivity index (χ4v) is 2.39. The first-order valence-corrected chi connectivity index (χ1v) is 4.95. The van der Waals surface area contributed by atoms with Gasteiger partial charge in [-0.05, 0) is 19.3 Å². The number of β-amino-alcohol motifs (C(OH)–C–C–N with tert-alkyl or cyclic N) is 1. The molecule has 1 fully saturated rings. The zero-order chi connectivity index (χ0) is 10.2. The summed E-state index contributed by atoms with van der Waals surface area (Å²) in [7, 11) is 0. The molecule has 1 aliphatic carbocycles. The molecule has 2 aliphatic rings. The van der Waals surface area contributed by atoms with Crippen LogP contribution in [0.15, 0.2) is 12.2 Å². The van der Waals surface area contributed by atoms with E-state index in [1.165, 1.54) is 4.90 Å². The summed E-state index contributed by atoms with van der Waals surface area (Å²) in [6, 6.07) is 0. The lowest BCUT2D eigenvalue weighted by Crippen LogP contribution is -2.51. The summed E-state index contributed by atoms with van der Waals surface area (Å²) in [5, 5.41) is 18.7. The Morgan fingerprint density at radius 3 is 2.57 bits per heavy atom. The van der Waals surface area contributed by atoms with Gasteiger partial charge in [0, 0.05) is 12.0 Å². The van der Waals surface area contributed by atoms with Crippen molar-refractivity contribution in [2.24, 2.45) is 5.41 Å². The highest BCUT2D eigenvalue weighted by Crippen LogP contribution is 2.42. The number of nitrogens with zero attached hydrogens (tertiary/aromatic N) is 1. The van der Waals surface area contributed by atoms with Gasteiger partial charge in [0.2, 0.25) is 0 Å². The molecule has 0 aromatic rings. The van der Waals surface area contributed by atoms with Crippen LogP contribution in [0.1, 0.15) is 19.3 Å². The van der Waals surface area contributed by atoms with Gasteiger partial charge in [-0.2, -0.15) is 0 Å². The van der Waals surface area contributed by atoms with Crippen molar-refractivity contribution in [2.45, 2.75) is 25.4 Å². The lowest BCUT2D eigenvalue weighted by Gasteiger charge is -2.42. The van der Waals surface area contributed by atoms with Crippen molar-refractivity contribution >= 4 is 6.09 Å². The molecule has 1 aliphatic heterocycles. The number of aliphatic hydroxyl groups is 1. The third kappa shape index (κ3) is 1.39. The molecule has 1 unspecified atom stereocenters. The maximum atomic E-state index is 10.7. The van der Waals surface area contributed by atoms with Gasteiger partial charge in [-0.3, -0.25) is 0 Å². The van der Waals surface area contributed by atoms with Crippen LogP contribution in [-0.2, 0) is 0 Å². The molecule has 0 aromatic heterocycles. The van der Waals surface area contributed by atoms with Crippen LogP contribution in [-0.4, -0.2) is 40.4 Å². The van der Waals surface area contributed by atoms with Gasteiger partial charge in [-0.1, -0.05) is 12.2 Å². The molecule has 0 radical (unpaired) electrons. The minimum atomic E-state index is -0.926. The smallest absolute Gasteiger partial charge is 0.407 e. The van der Waals surface area contributed by atoms with E-state index in [4.69, 9.17) is 5.11 Å². The molecule has 1 heterocycles. The van der Waals surface area contributed by atoms with Crippen molar-refractivity contribution in [3.8, 4) is 0 Å². The van der Waals surface area contributed by atoms with Crippen LogP contribution in [0.2, 0.25) is 0 Å². The molecule has 0 saturated carbocycles. The van der Waals surface area contributed by atoms with Gasteiger partial charge < -0.3 is 15.1 Å². The molecule has 1 spiro atoms.